The summed E-state index contributed by atoms with van der Waals surface area (Å²) in [5.41, 5.74) is 0.991. The molecule has 0 amide bonds. The van der Waals surface area contributed by atoms with Crippen LogP contribution in [0.2, 0.25) is 5.15 Å². The molecule has 5 heteroatoms. The van der Waals surface area contributed by atoms with Crippen LogP contribution in [0.15, 0.2) is 6.33 Å². The van der Waals surface area contributed by atoms with Crippen LogP contribution in [0.4, 0.5) is 0 Å². The van der Waals surface area contributed by atoms with Crippen molar-refractivity contribution in [1.82, 2.24) is 14.3 Å². The van der Waals surface area contributed by atoms with Crippen molar-refractivity contribution in [2.24, 2.45) is 0 Å². The average molecular weight is 214 g/mol. The zero-order chi connectivity index (χ0) is 9.42. The molecule has 2 aromatic heterocycles. The van der Waals surface area contributed by atoms with Gasteiger partial charge in [-0.2, -0.15) is 4.37 Å². The lowest BCUT2D eigenvalue weighted by molar-refractivity contribution is 0.849. The fourth-order valence-corrected chi connectivity index (χ4v) is 2.33. The lowest BCUT2D eigenvalue weighted by atomic mass is 10.1. The smallest absolute Gasteiger partial charge is 0.148 e. The Kier molecular flexibility index (Phi) is 2.17. The van der Waals surface area contributed by atoms with Gasteiger partial charge in [0.2, 0.25) is 0 Å². The Morgan fingerprint density at radius 1 is 1.38 bits per heavy atom. The van der Waals surface area contributed by atoms with Crippen LogP contribution in [-0.2, 0) is 0 Å². The van der Waals surface area contributed by atoms with Crippen molar-refractivity contribution >= 4 is 33.4 Å². The Balaban J connectivity index is 2.79. The molecule has 0 fully saturated rings. The summed E-state index contributed by atoms with van der Waals surface area (Å²) in [6, 6.07) is 0. The van der Waals surface area contributed by atoms with Crippen LogP contribution < -0.4 is 0 Å². The van der Waals surface area contributed by atoms with Crippen LogP contribution in [0, 0.1) is 0 Å². The monoisotopic (exact) mass is 213 g/mol. The van der Waals surface area contributed by atoms with E-state index in [2.05, 4.69) is 28.2 Å². The number of fused-ring (bicyclic) bond motifs is 1. The molecule has 0 saturated carbocycles. The molecule has 2 rings (SSSR count). The van der Waals surface area contributed by atoms with Gasteiger partial charge >= 0.3 is 0 Å². The van der Waals surface area contributed by atoms with Crippen LogP contribution in [0.3, 0.4) is 0 Å². The lowest BCUT2D eigenvalue weighted by Crippen LogP contribution is -1.89. The maximum Gasteiger partial charge on any atom is 0.148 e. The summed E-state index contributed by atoms with van der Waals surface area (Å²) in [7, 11) is 0. The fraction of sp³-hybridized carbons (Fsp3) is 0.375. The summed E-state index contributed by atoms with van der Waals surface area (Å²) < 4.78 is 4.31. The molecule has 0 radical (unpaired) electrons. The standard InChI is InChI=1S/C8H8ClN3S/c1-4(2)6-5-7(9)10-3-11-8(5)13-12-6/h3-4H,1-2H3. The highest BCUT2D eigenvalue weighted by Gasteiger charge is 2.13. The maximum atomic E-state index is 5.96. The van der Waals surface area contributed by atoms with Crippen LogP contribution in [0.25, 0.3) is 10.2 Å². The van der Waals surface area contributed by atoms with Gasteiger partial charge in [0.25, 0.3) is 0 Å². The minimum atomic E-state index is 0.359. The largest absolute Gasteiger partial charge is 0.224 e. The Bertz CT molecular complexity index is 438. The minimum absolute atomic E-state index is 0.359. The zero-order valence-corrected chi connectivity index (χ0v) is 8.85. The molecule has 0 saturated heterocycles. The summed E-state index contributed by atoms with van der Waals surface area (Å²) in [5.74, 6) is 0.359. The molecular weight excluding hydrogens is 206 g/mol. The van der Waals surface area contributed by atoms with E-state index in [1.807, 2.05) is 0 Å². The number of halogens is 1. The van der Waals surface area contributed by atoms with Gasteiger partial charge < -0.3 is 0 Å². The van der Waals surface area contributed by atoms with Crippen LogP contribution in [0.5, 0.6) is 0 Å². The number of aromatic nitrogens is 3. The van der Waals surface area contributed by atoms with Crippen molar-refractivity contribution in [3.05, 3.63) is 17.2 Å². The van der Waals surface area contributed by atoms with Gasteiger partial charge in [0.05, 0.1) is 11.1 Å². The van der Waals surface area contributed by atoms with Crippen molar-refractivity contribution in [3.8, 4) is 0 Å². The second-order valence-electron chi connectivity index (χ2n) is 3.07. The lowest BCUT2D eigenvalue weighted by Gasteiger charge is -2.00. The topological polar surface area (TPSA) is 38.7 Å². The first-order valence-corrected chi connectivity index (χ1v) is 5.11. The van der Waals surface area contributed by atoms with E-state index in [1.165, 1.54) is 17.9 Å². The van der Waals surface area contributed by atoms with Gasteiger partial charge in [-0.15, -0.1) is 0 Å². The van der Waals surface area contributed by atoms with E-state index in [9.17, 15) is 0 Å². The summed E-state index contributed by atoms with van der Waals surface area (Å²) in [6.07, 6.45) is 1.47. The highest BCUT2D eigenvalue weighted by Crippen LogP contribution is 2.30. The van der Waals surface area contributed by atoms with Crippen molar-refractivity contribution in [3.63, 3.8) is 0 Å². The third-order valence-corrected chi connectivity index (χ3v) is 2.86. The molecule has 0 N–H and O–H groups in total. The van der Waals surface area contributed by atoms with Crippen LogP contribution >= 0.6 is 23.1 Å². The molecule has 0 aliphatic rings. The first-order chi connectivity index (χ1) is 6.20. The number of nitrogens with zero attached hydrogens (tertiary/aromatic N) is 3. The van der Waals surface area contributed by atoms with Crippen LogP contribution in [-0.4, -0.2) is 14.3 Å². The van der Waals surface area contributed by atoms with E-state index in [-0.39, 0.29) is 0 Å². The van der Waals surface area contributed by atoms with Crippen molar-refractivity contribution in [1.29, 1.82) is 0 Å². The predicted octanol–water partition coefficient (Wildman–Crippen LogP) is 2.86. The third-order valence-electron chi connectivity index (χ3n) is 1.80. The molecule has 2 aromatic rings. The molecule has 0 aromatic carbocycles. The van der Waals surface area contributed by atoms with Crippen LogP contribution in [0.1, 0.15) is 25.5 Å². The Labute approximate surface area is 85.0 Å². The fourth-order valence-electron chi connectivity index (χ4n) is 1.17. The summed E-state index contributed by atoms with van der Waals surface area (Å²) in [4.78, 5) is 8.91. The highest BCUT2D eigenvalue weighted by molar-refractivity contribution is 7.13. The van der Waals surface area contributed by atoms with E-state index in [0.717, 1.165) is 15.9 Å². The molecule has 13 heavy (non-hydrogen) atoms. The number of rotatable bonds is 1. The Morgan fingerprint density at radius 2 is 2.15 bits per heavy atom. The zero-order valence-electron chi connectivity index (χ0n) is 7.28. The van der Waals surface area contributed by atoms with Gasteiger partial charge in [0, 0.05) is 0 Å². The molecular formula is C8H8ClN3S. The second kappa shape index (κ2) is 3.20. The van der Waals surface area contributed by atoms with Gasteiger partial charge in [-0.25, -0.2) is 9.97 Å². The highest BCUT2D eigenvalue weighted by atomic mass is 35.5. The third kappa shape index (κ3) is 1.40. The normalized spacial score (nSPS) is 11.4. The molecule has 0 unspecified atom stereocenters. The van der Waals surface area contributed by atoms with Crippen molar-refractivity contribution < 1.29 is 0 Å². The van der Waals surface area contributed by atoms with Gasteiger partial charge in [-0.1, -0.05) is 25.4 Å². The second-order valence-corrected chi connectivity index (χ2v) is 4.18. The predicted molar refractivity (Wildman–Crippen MR) is 54.3 cm³/mol. The molecule has 2 heterocycles. The Morgan fingerprint density at radius 3 is 2.85 bits per heavy atom. The average Bonchev–Trinajstić information content (AvgIpc) is 2.49. The van der Waals surface area contributed by atoms with E-state index in [1.54, 1.807) is 0 Å². The quantitative estimate of drug-likeness (QED) is 0.684. The molecule has 0 aliphatic carbocycles. The van der Waals surface area contributed by atoms with Crippen molar-refractivity contribution in [2.75, 3.05) is 0 Å². The number of hydrogen-bond donors (Lipinski definition) is 0. The summed E-state index contributed by atoms with van der Waals surface area (Å²) in [6.45, 7) is 4.16. The van der Waals surface area contributed by atoms with E-state index in [4.69, 9.17) is 11.6 Å². The van der Waals surface area contributed by atoms with Crippen molar-refractivity contribution in [2.45, 2.75) is 19.8 Å². The molecule has 0 atom stereocenters. The summed E-state index contributed by atoms with van der Waals surface area (Å²) >= 11 is 7.33. The molecule has 0 aliphatic heterocycles. The number of hydrogen-bond acceptors (Lipinski definition) is 4. The van der Waals surface area contributed by atoms with Gasteiger partial charge in [0.15, 0.2) is 0 Å². The minimum Gasteiger partial charge on any atom is -0.224 e. The SMILES string of the molecule is CC(C)c1nsc2ncnc(Cl)c12. The maximum absolute atomic E-state index is 5.96. The van der Waals surface area contributed by atoms with Gasteiger partial charge in [0.1, 0.15) is 16.3 Å². The Hall–Kier alpha value is -0.740. The molecule has 0 spiro atoms. The molecule has 3 nitrogen and oxygen atoms in total. The first kappa shape index (κ1) is 8.84. The van der Waals surface area contributed by atoms with E-state index in [0.29, 0.717) is 11.1 Å². The first-order valence-electron chi connectivity index (χ1n) is 3.96. The molecule has 68 valence electrons. The summed E-state index contributed by atoms with van der Waals surface area (Å²) in [5, 5.41) is 1.41. The van der Waals surface area contributed by atoms with E-state index < -0.39 is 0 Å². The van der Waals surface area contributed by atoms with Gasteiger partial charge in [-0.05, 0) is 17.5 Å². The molecule has 0 bridgehead atoms. The van der Waals surface area contributed by atoms with Gasteiger partial charge in [-0.3, -0.25) is 0 Å². The van der Waals surface area contributed by atoms with E-state index >= 15 is 0 Å².